The molecule has 0 saturated heterocycles. The Labute approximate surface area is 190 Å². The van der Waals surface area contributed by atoms with E-state index in [1.54, 1.807) is 0 Å². The molecule has 0 nitrogen and oxygen atoms in total. The maximum absolute atomic E-state index is 2.58. The van der Waals surface area contributed by atoms with Gasteiger partial charge in [0.25, 0.3) is 0 Å². The van der Waals surface area contributed by atoms with Gasteiger partial charge in [0.1, 0.15) is 0 Å². The zero-order valence-corrected chi connectivity index (χ0v) is 19.4. The van der Waals surface area contributed by atoms with Crippen LogP contribution in [0.5, 0.6) is 0 Å². The Hall–Kier alpha value is -1.60. The molecule has 1 radical (unpaired) electrons. The summed E-state index contributed by atoms with van der Waals surface area (Å²) in [6, 6.07) is 43.8. The fourth-order valence-electron chi connectivity index (χ4n) is 3.28. The standard InChI is InChI=1S/C26H23P2.Pd/c1-5-13-23(14-6-1)27(24-15-7-2-8-16-24)21-22-28(25-17-9-3-10-18-25)26-19-11-4-12-20-26;/h1-21H,22H2;. The van der Waals surface area contributed by atoms with Crippen molar-refractivity contribution in [3.05, 3.63) is 127 Å². The van der Waals surface area contributed by atoms with E-state index in [-0.39, 0.29) is 20.4 Å². The van der Waals surface area contributed by atoms with Crippen molar-refractivity contribution >= 4 is 37.1 Å². The molecule has 0 amide bonds. The number of rotatable bonds is 7. The van der Waals surface area contributed by atoms with E-state index in [1.807, 2.05) is 0 Å². The smallest absolute Gasteiger partial charge is 0 e. The normalized spacial score (nSPS) is 10.7. The van der Waals surface area contributed by atoms with E-state index < -0.39 is 15.8 Å². The van der Waals surface area contributed by atoms with E-state index in [0.29, 0.717) is 0 Å². The van der Waals surface area contributed by atoms with E-state index in [1.165, 1.54) is 21.2 Å². The Kier molecular flexibility index (Phi) is 8.80. The van der Waals surface area contributed by atoms with Crippen LogP contribution in [-0.4, -0.2) is 6.16 Å². The van der Waals surface area contributed by atoms with Gasteiger partial charge in [0.15, 0.2) is 0 Å². The molecule has 4 aromatic carbocycles. The van der Waals surface area contributed by atoms with E-state index in [4.69, 9.17) is 0 Å². The topological polar surface area (TPSA) is 0 Å². The van der Waals surface area contributed by atoms with Gasteiger partial charge in [0.2, 0.25) is 0 Å². The van der Waals surface area contributed by atoms with E-state index in [0.717, 1.165) is 6.16 Å². The van der Waals surface area contributed by atoms with Crippen LogP contribution in [0.1, 0.15) is 0 Å². The van der Waals surface area contributed by atoms with E-state index in [2.05, 4.69) is 127 Å². The van der Waals surface area contributed by atoms with Gasteiger partial charge in [-0.2, -0.15) is 0 Å². The van der Waals surface area contributed by atoms with Crippen LogP contribution in [0, 0.1) is 6.16 Å². The molecule has 147 valence electrons. The number of hydrogen-bond acceptors (Lipinski definition) is 0. The number of hydrogen-bond donors (Lipinski definition) is 0. The first kappa shape index (κ1) is 22.1. The van der Waals surface area contributed by atoms with Crippen LogP contribution in [-0.2, 0) is 20.4 Å². The van der Waals surface area contributed by atoms with Gasteiger partial charge in [-0.1, -0.05) is 121 Å². The van der Waals surface area contributed by atoms with Gasteiger partial charge in [-0.3, -0.25) is 0 Å². The monoisotopic (exact) mass is 503 g/mol. The molecule has 0 aliphatic carbocycles. The molecule has 4 aromatic rings. The molecule has 3 heteroatoms. The molecule has 0 fully saturated rings. The van der Waals surface area contributed by atoms with Crippen molar-refractivity contribution in [2.24, 2.45) is 0 Å². The first-order valence-corrected chi connectivity index (χ1v) is 12.5. The molecule has 0 spiro atoms. The second kappa shape index (κ2) is 11.6. The van der Waals surface area contributed by atoms with Gasteiger partial charge in [-0.15, -0.1) is 0 Å². The van der Waals surface area contributed by atoms with Crippen LogP contribution in [0.2, 0.25) is 0 Å². The van der Waals surface area contributed by atoms with Crippen molar-refractivity contribution in [1.82, 2.24) is 0 Å². The summed E-state index contributed by atoms with van der Waals surface area (Å²) in [5, 5.41) is 5.71. The van der Waals surface area contributed by atoms with Crippen molar-refractivity contribution in [3.8, 4) is 0 Å². The molecule has 4 rings (SSSR count). The largest absolute Gasteiger partial charge is 0.0622 e. The Balaban J connectivity index is 0.00000240. The van der Waals surface area contributed by atoms with Crippen LogP contribution < -0.4 is 21.2 Å². The Morgan fingerprint density at radius 3 is 1.10 bits per heavy atom. The van der Waals surface area contributed by atoms with Crippen molar-refractivity contribution < 1.29 is 20.4 Å². The van der Waals surface area contributed by atoms with Gasteiger partial charge in [0, 0.05) is 20.4 Å². The third-order valence-corrected chi connectivity index (χ3v) is 9.59. The summed E-state index contributed by atoms with van der Waals surface area (Å²) < 4.78 is 0. The quantitative estimate of drug-likeness (QED) is 0.234. The Morgan fingerprint density at radius 1 is 0.448 bits per heavy atom. The fraction of sp³-hybridized carbons (Fsp3) is 0.0385. The van der Waals surface area contributed by atoms with Crippen molar-refractivity contribution in [3.63, 3.8) is 0 Å². The molecule has 0 bridgehead atoms. The SMILES string of the molecule is [CH](CP(c1ccccc1)c1ccccc1)P(c1ccccc1)c1ccccc1.[Pd]. The van der Waals surface area contributed by atoms with E-state index >= 15 is 0 Å². The molecule has 0 aromatic heterocycles. The van der Waals surface area contributed by atoms with Crippen molar-refractivity contribution in [2.45, 2.75) is 0 Å². The van der Waals surface area contributed by atoms with E-state index in [9.17, 15) is 0 Å². The third-order valence-electron chi connectivity index (χ3n) is 4.65. The summed E-state index contributed by atoms with van der Waals surface area (Å²) in [6.07, 6.45) is 3.66. The molecular formula is C26H23P2Pd. The Bertz CT molecular complexity index is 798. The molecule has 0 atom stereocenters. The van der Waals surface area contributed by atoms with Crippen LogP contribution >= 0.6 is 15.8 Å². The maximum Gasteiger partial charge on any atom is 0 e. The summed E-state index contributed by atoms with van der Waals surface area (Å²) in [5.74, 6) is 0. The summed E-state index contributed by atoms with van der Waals surface area (Å²) in [6.45, 7) is 0. The summed E-state index contributed by atoms with van der Waals surface area (Å²) in [7, 11) is -0.876. The molecule has 0 unspecified atom stereocenters. The molecule has 0 saturated carbocycles. The second-order valence-electron chi connectivity index (χ2n) is 6.51. The van der Waals surface area contributed by atoms with Crippen molar-refractivity contribution in [1.29, 1.82) is 0 Å². The zero-order chi connectivity index (χ0) is 19.0. The first-order chi connectivity index (χ1) is 13.9. The molecule has 0 aliphatic rings. The number of benzene rings is 4. The summed E-state index contributed by atoms with van der Waals surface area (Å²) >= 11 is 0. The third kappa shape index (κ3) is 5.95. The molecule has 29 heavy (non-hydrogen) atoms. The minimum atomic E-state index is -0.473. The van der Waals surface area contributed by atoms with Crippen molar-refractivity contribution in [2.75, 3.05) is 6.16 Å². The second-order valence-corrected chi connectivity index (χ2v) is 10.9. The van der Waals surface area contributed by atoms with Gasteiger partial charge < -0.3 is 0 Å². The van der Waals surface area contributed by atoms with Gasteiger partial charge in [0.05, 0.1) is 0 Å². The minimum Gasteiger partial charge on any atom is -0.0622 e. The van der Waals surface area contributed by atoms with Gasteiger partial charge >= 0.3 is 0 Å². The summed E-state index contributed by atoms with van der Waals surface area (Å²) in [4.78, 5) is 0. The Morgan fingerprint density at radius 2 is 0.759 bits per heavy atom. The van der Waals surface area contributed by atoms with Crippen LogP contribution in [0.15, 0.2) is 121 Å². The molecular weight excluding hydrogens is 481 g/mol. The molecule has 0 aliphatic heterocycles. The fourth-order valence-corrected chi connectivity index (χ4v) is 8.07. The first-order valence-electron chi connectivity index (χ1n) is 9.52. The van der Waals surface area contributed by atoms with Crippen LogP contribution in [0.3, 0.4) is 0 Å². The average molecular weight is 504 g/mol. The van der Waals surface area contributed by atoms with Gasteiger partial charge in [-0.25, -0.2) is 0 Å². The van der Waals surface area contributed by atoms with Gasteiger partial charge in [-0.05, 0) is 49.4 Å². The molecule has 0 heterocycles. The predicted octanol–water partition coefficient (Wildman–Crippen LogP) is 5.41. The molecule has 0 N–H and O–H groups in total. The maximum atomic E-state index is 2.58. The van der Waals surface area contributed by atoms with Crippen LogP contribution in [0.25, 0.3) is 0 Å². The predicted molar refractivity (Wildman–Crippen MR) is 127 cm³/mol. The zero-order valence-electron chi connectivity index (χ0n) is 16.0. The van der Waals surface area contributed by atoms with Crippen LogP contribution in [0.4, 0.5) is 0 Å². The average Bonchev–Trinajstić information content (AvgIpc) is 2.79. The minimum absolute atomic E-state index is 0. The summed E-state index contributed by atoms with van der Waals surface area (Å²) in [5.41, 5.74) is 0.